The van der Waals surface area contributed by atoms with Crippen molar-refractivity contribution in [3.8, 4) is 0 Å². The maximum absolute atomic E-state index is 11.8. The van der Waals surface area contributed by atoms with E-state index in [0.717, 1.165) is 33.9 Å². The number of ketones is 1. The highest BCUT2D eigenvalue weighted by Crippen LogP contribution is 2.21. The van der Waals surface area contributed by atoms with Crippen LogP contribution in [0.25, 0.3) is 10.9 Å². The van der Waals surface area contributed by atoms with E-state index in [1.54, 1.807) is 0 Å². The van der Waals surface area contributed by atoms with E-state index in [-0.39, 0.29) is 5.78 Å². The van der Waals surface area contributed by atoms with Crippen LogP contribution in [0.3, 0.4) is 0 Å². The molecule has 1 aromatic heterocycles. The molecule has 0 bridgehead atoms. The Hall–Kier alpha value is -1.09. The van der Waals surface area contributed by atoms with Crippen LogP contribution < -0.4 is 0 Å². The Bertz CT molecular complexity index is 516. The lowest BCUT2D eigenvalue weighted by Gasteiger charge is -1.94. The minimum Gasteiger partial charge on any atom is -0.352 e. The van der Waals surface area contributed by atoms with Gasteiger partial charge in [0.25, 0.3) is 0 Å². The molecule has 0 saturated carbocycles. The minimum atomic E-state index is 0.203. The third kappa shape index (κ3) is 2.35. The highest BCUT2D eigenvalue weighted by atomic mass is 79.9. The molecule has 16 heavy (non-hydrogen) atoms. The minimum absolute atomic E-state index is 0.203. The van der Waals surface area contributed by atoms with Gasteiger partial charge in [0.1, 0.15) is 0 Å². The number of Topliss-reactive ketones (excluding diaryl/α,β-unsaturated/α-hetero) is 1. The molecule has 0 atom stereocenters. The van der Waals surface area contributed by atoms with Crippen LogP contribution in [0.4, 0.5) is 0 Å². The number of rotatable bonds is 4. The molecule has 0 unspecified atom stereocenters. The number of carbonyl (C=O) groups is 1. The summed E-state index contributed by atoms with van der Waals surface area (Å²) in [6.07, 6.45) is 2.64. The molecule has 2 nitrogen and oxygen atoms in total. The number of halogens is 1. The van der Waals surface area contributed by atoms with Crippen molar-refractivity contribution in [1.29, 1.82) is 0 Å². The molecular formula is C13H14BrNO. The number of fused-ring (bicyclic) bond motifs is 1. The summed E-state index contributed by atoms with van der Waals surface area (Å²) in [4.78, 5) is 15.0. The standard InChI is InChI=1S/C13H14BrNO/c1-2-3-4-13(16)12-8-9-7-10(14)5-6-11(9)15-12/h5-8,15H,2-4H2,1H3. The summed E-state index contributed by atoms with van der Waals surface area (Å²) in [6.45, 7) is 2.09. The zero-order valence-corrected chi connectivity index (χ0v) is 10.8. The zero-order valence-electron chi connectivity index (χ0n) is 9.22. The predicted octanol–water partition coefficient (Wildman–Crippen LogP) is 4.30. The van der Waals surface area contributed by atoms with Crippen LogP contribution in [0, 0.1) is 0 Å². The molecule has 0 aliphatic heterocycles. The van der Waals surface area contributed by atoms with Crippen molar-refractivity contribution in [2.75, 3.05) is 0 Å². The lowest BCUT2D eigenvalue weighted by atomic mass is 10.1. The number of hydrogen-bond acceptors (Lipinski definition) is 1. The van der Waals surface area contributed by atoms with Gasteiger partial charge < -0.3 is 4.98 Å². The first kappa shape index (κ1) is 11.4. The molecule has 0 spiro atoms. The van der Waals surface area contributed by atoms with Gasteiger partial charge in [-0.05, 0) is 30.7 Å². The van der Waals surface area contributed by atoms with E-state index in [1.807, 2.05) is 24.3 Å². The summed E-state index contributed by atoms with van der Waals surface area (Å²) in [7, 11) is 0. The molecule has 2 rings (SSSR count). The number of unbranched alkanes of at least 4 members (excludes halogenated alkanes) is 1. The number of nitrogens with one attached hydrogen (secondary N) is 1. The van der Waals surface area contributed by atoms with Crippen LogP contribution in [-0.4, -0.2) is 10.8 Å². The molecule has 0 saturated heterocycles. The van der Waals surface area contributed by atoms with Gasteiger partial charge in [0, 0.05) is 21.8 Å². The first-order valence-corrected chi connectivity index (χ1v) is 6.31. The van der Waals surface area contributed by atoms with E-state index in [4.69, 9.17) is 0 Å². The Balaban J connectivity index is 2.28. The van der Waals surface area contributed by atoms with Crippen molar-refractivity contribution in [2.45, 2.75) is 26.2 Å². The fourth-order valence-corrected chi connectivity index (χ4v) is 2.10. The zero-order chi connectivity index (χ0) is 11.5. The van der Waals surface area contributed by atoms with E-state index in [1.165, 1.54) is 0 Å². The Morgan fingerprint density at radius 1 is 1.38 bits per heavy atom. The molecule has 84 valence electrons. The first-order valence-electron chi connectivity index (χ1n) is 5.52. The summed E-state index contributed by atoms with van der Waals surface area (Å²) in [5.74, 6) is 0.203. The Morgan fingerprint density at radius 3 is 2.94 bits per heavy atom. The van der Waals surface area contributed by atoms with Gasteiger partial charge in [-0.15, -0.1) is 0 Å². The SMILES string of the molecule is CCCCC(=O)c1cc2cc(Br)ccc2[nH]1. The fourth-order valence-electron chi connectivity index (χ4n) is 1.73. The van der Waals surface area contributed by atoms with E-state index < -0.39 is 0 Å². The predicted molar refractivity (Wildman–Crippen MR) is 69.9 cm³/mol. The average molecular weight is 280 g/mol. The second kappa shape index (κ2) is 4.83. The normalized spacial score (nSPS) is 10.9. The Morgan fingerprint density at radius 2 is 2.19 bits per heavy atom. The summed E-state index contributed by atoms with van der Waals surface area (Å²) in [5, 5.41) is 1.08. The Labute approximate surface area is 103 Å². The smallest absolute Gasteiger partial charge is 0.179 e. The second-order valence-electron chi connectivity index (χ2n) is 3.94. The van der Waals surface area contributed by atoms with Gasteiger partial charge in [-0.3, -0.25) is 4.79 Å². The topological polar surface area (TPSA) is 32.9 Å². The summed E-state index contributed by atoms with van der Waals surface area (Å²) in [6, 6.07) is 7.90. The van der Waals surface area contributed by atoms with Crippen molar-refractivity contribution in [3.05, 3.63) is 34.4 Å². The van der Waals surface area contributed by atoms with Gasteiger partial charge in [0.05, 0.1) is 5.69 Å². The highest BCUT2D eigenvalue weighted by molar-refractivity contribution is 9.10. The van der Waals surface area contributed by atoms with Crippen LogP contribution in [0.1, 0.15) is 36.7 Å². The Kier molecular flexibility index (Phi) is 3.44. The monoisotopic (exact) mass is 279 g/mol. The summed E-state index contributed by atoms with van der Waals surface area (Å²) < 4.78 is 1.03. The largest absolute Gasteiger partial charge is 0.352 e. The molecule has 0 radical (unpaired) electrons. The second-order valence-corrected chi connectivity index (χ2v) is 4.86. The number of H-pyrrole nitrogens is 1. The quantitative estimate of drug-likeness (QED) is 0.832. The van der Waals surface area contributed by atoms with Gasteiger partial charge in [-0.2, -0.15) is 0 Å². The number of benzene rings is 1. The fraction of sp³-hybridized carbons (Fsp3) is 0.308. The maximum atomic E-state index is 11.8. The van der Waals surface area contributed by atoms with Gasteiger partial charge in [-0.1, -0.05) is 29.3 Å². The van der Waals surface area contributed by atoms with E-state index in [2.05, 4.69) is 27.8 Å². The summed E-state index contributed by atoms with van der Waals surface area (Å²) in [5.41, 5.74) is 1.74. The van der Waals surface area contributed by atoms with E-state index >= 15 is 0 Å². The lowest BCUT2D eigenvalue weighted by molar-refractivity contribution is 0.0976. The van der Waals surface area contributed by atoms with Crippen LogP contribution >= 0.6 is 15.9 Å². The number of aromatic amines is 1. The highest BCUT2D eigenvalue weighted by Gasteiger charge is 2.08. The molecule has 3 heteroatoms. The summed E-state index contributed by atoms with van der Waals surface area (Å²) >= 11 is 3.42. The van der Waals surface area contributed by atoms with Crippen molar-refractivity contribution in [2.24, 2.45) is 0 Å². The van der Waals surface area contributed by atoms with Gasteiger partial charge in [-0.25, -0.2) is 0 Å². The van der Waals surface area contributed by atoms with Crippen LogP contribution in [0.15, 0.2) is 28.7 Å². The molecule has 2 aromatic rings. The van der Waals surface area contributed by atoms with Crippen LogP contribution in [-0.2, 0) is 0 Å². The third-order valence-corrected chi connectivity index (χ3v) is 3.13. The number of aromatic nitrogens is 1. The molecule has 1 heterocycles. The van der Waals surface area contributed by atoms with E-state index in [9.17, 15) is 4.79 Å². The third-order valence-electron chi connectivity index (χ3n) is 2.64. The molecule has 1 N–H and O–H groups in total. The molecule has 1 aromatic carbocycles. The lowest BCUT2D eigenvalue weighted by Crippen LogP contribution is -1.98. The number of carbonyl (C=O) groups excluding carboxylic acids is 1. The molecule has 0 aliphatic rings. The van der Waals surface area contributed by atoms with Crippen molar-refractivity contribution >= 4 is 32.6 Å². The van der Waals surface area contributed by atoms with Crippen molar-refractivity contribution in [1.82, 2.24) is 4.98 Å². The average Bonchev–Trinajstić information content (AvgIpc) is 2.68. The van der Waals surface area contributed by atoms with Gasteiger partial charge >= 0.3 is 0 Å². The van der Waals surface area contributed by atoms with Crippen LogP contribution in [0.5, 0.6) is 0 Å². The molecule has 0 amide bonds. The molecule has 0 fully saturated rings. The molecular weight excluding hydrogens is 266 g/mol. The maximum Gasteiger partial charge on any atom is 0.179 e. The number of hydrogen-bond donors (Lipinski definition) is 1. The van der Waals surface area contributed by atoms with Gasteiger partial charge in [0.2, 0.25) is 0 Å². The van der Waals surface area contributed by atoms with Crippen molar-refractivity contribution in [3.63, 3.8) is 0 Å². The van der Waals surface area contributed by atoms with Crippen LogP contribution in [0.2, 0.25) is 0 Å². The molecule has 0 aliphatic carbocycles. The first-order chi connectivity index (χ1) is 7.70. The van der Waals surface area contributed by atoms with Gasteiger partial charge in [0.15, 0.2) is 5.78 Å². The van der Waals surface area contributed by atoms with E-state index in [0.29, 0.717) is 6.42 Å². The van der Waals surface area contributed by atoms with Crippen molar-refractivity contribution < 1.29 is 4.79 Å².